The van der Waals surface area contributed by atoms with Crippen LogP contribution in [0, 0.1) is 18.6 Å². The Bertz CT molecular complexity index is 1090. The molecule has 1 N–H and O–H groups in total. The first-order valence-electron chi connectivity index (χ1n) is 7.93. The third kappa shape index (κ3) is 4.51. The van der Waals surface area contributed by atoms with Gasteiger partial charge in [-0.2, -0.15) is 5.10 Å². The van der Waals surface area contributed by atoms with Crippen molar-refractivity contribution in [2.24, 2.45) is 0 Å². The molecule has 3 aromatic rings. The lowest BCUT2D eigenvalue weighted by Gasteiger charge is -2.14. The Morgan fingerprint density at radius 2 is 2.07 bits per heavy atom. The molecule has 0 bridgehead atoms. The van der Waals surface area contributed by atoms with Crippen LogP contribution in [0.2, 0.25) is 0 Å². The maximum Gasteiger partial charge on any atom is 0.228 e. The number of carbonyl (C=O) groups excluding carboxylic acids is 1. The number of benzene rings is 2. The minimum Gasteiger partial charge on any atom is -0.768 e. The second kappa shape index (κ2) is 8.29. The first-order chi connectivity index (χ1) is 13.2. The summed E-state index contributed by atoms with van der Waals surface area (Å²) in [5.41, 5.74) is 1.64. The van der Waals surface area contributed by atoms with Gasteiger partial charge in [-0.1, -0.05) is 0 Å². The summed E-state index contributed by atoms with van der Waals surface area (Å²) in [5, 5.41) is 6.35. The van der Waals surface area contributed by atoms with Crippen molar-refractivity contribution in [1.82, 2.24) is 9.78 Å². The van der Waals surface area contributed by atoms with Crippen LogP contribution in [0.3, 0.4) is 0 Å². The summed E-state index contributed by atoms with van der Waals surface area (Å²) in [6, 6.07) is 6.99. The van der Waals surface area contributed by atoms with Crippen molar-refractivity contribution in [3.8, 4) is 5.69 Å². The molecule has 0 saturated carbocycles. The van der Waals surface area contributed by atoms with E-state index in [0.29, 0.717) is 11.1 Å². The summed E-state index contributed by atoms with van der Waals surface area (Å²) in [6.45, 7) is 1.69. The number of hydrogen-bond acceptors (Lipinski definition) is 4. The number of hydrogen-bond donors (Lipinski definition) is 1. The van der Waals surface area contributed by atoms with Crippen molar-refractivity contribution in [3.05, 3.63) is 70.0 Å². The maximum absolute atomic E-state index is 13.5. The van der Waals surface area contributed by atoms with Crippen LogP contribution in [0.5, 0.6) is 0 Å². The highest BCUT2D eigenvalue weighted by Crippen LogP contribution is 2.24. The van der Waals surface area contributed by atoms with Gasteiger partial charge in [-0.05, 0) is 75.4 Å². The molecule has 0 spiro atoms. The van der Waals surface area contributed by atoms with Gasteiger partial charge < -0.3 is 9.87 Å². The Balaban J connectivity index is 1.82. The van der Waals surface area contributed by atoms with E-state index in [2.05, 4.69) is 26.3 Å². The molecule has 28 heavy (non-hydrogen) atoms. The van der Waals surface area contributed by atoms with Gasteiger partial charge in [0, 0.05) is 5.69 Å². The number of aromatic nitrogens is 2. The molecular formula is C18H13BrF2N3O3S-. The van der Waals surface area contributed by atoms with Crippen LogP contribution in [0.1, 0.15) is 11.1 Å². The molecule has 0 aliphatic heterocycles. The van der Waals surface area contributed by atoms with E-state index in [0.717, 1.165) is 17.1 Å². The zero-order valence-corrected chi connectivity index (χ0v) is 16.8. The van der Waals surface area contributed by atoms with Gasteiger partial charge in [0.25, 0.3) is 0 Å². The van der Waals surface area contributed by atoms with Crippen molar-refractivity contribution < 1.29 is 22.3 Å². The van der Waals surface area contributed by atoms with Crippen LogP contribution in [-0.2, 0) is 22.3 Å². The molecule has 3 rings (SSSR count). The summed E-state index contributed by atoms with van der Waals surface area (Å²) < 4.78 is 51.1. The Morgan fingerprint density at radius 1 is 1.32 bits per heavy atom. The normalized spacial score (nSPS) is 12.0. The van der Waals surface area contributed by atoms with E-state index in [1.54, 1.807) is 6.92 Å². The Labute approximate surface area is 170 Å². The molecule has 146 valence electrons. The number of rotatable bonds is 5. The molecule has 10 heteroatoms. The van der Waals surface area contributed by atoms with E-state index in [-0.39, 0.29) is 27.2 Å². The fraction of sp³-hybridized carbons (Fsp3) is 0.111. The van der Waals surface area contributed by atoms with Crippen LogP contribution >= 0.6 is 15.9 Å². The van der Waals surface area contributed by atoms with E-state index in [4.69, 9.17) is 0 Å². The number of nitrogens with zero attached hydrogens (tertiary/aromatic N) is 2. The molecule has 1 amide bonds. The van der Waals surface area contributed by atoms with Gasteiger partial charge in [0.05, 0.1) is 33.9 Å². The zero-order chi connectivity index (χ0) is 20.4. The van der Waals surface area contributed by atoms with Gasteiger partial charge in [-0.15, -0.1) is 0 Å². The summed E-state index contributed by atoms with van der Waals surface area (Å²) in [5.74, 6) is -1.43. The van der Waals surface area contributed by atoms with Crippen LogP contribution in [0.15, 0.2) is 52.1 Å². The van der Waals surface area contributed by atoms with Crippen molar-refractivity contribution >= 4 is 38.6 Å². The first-order valence-corrected chi connectivity index (χ1v) is 9.79. The zero-order valence-electron chi connectivity index (χ0n) is 14.4. The lowest BCUT2D eigenvalue weighted by atomic mass is 10.1. The molecule has 1 heterocycles. The molecule has 1 atom stereocenters. The Kier molecular flexibility index (Phi) is 6.01. The van der Waals surface area contributed by atoms with E-state index in [1.165, 1.54) is 30.3 Å². The van der Waals surface area contributed by atoms with Gasteiger partial charge >= 0.3 is 0 Å². The second-order valence-corrected chi connectivity index (χ2v) is 7.70. The van der Waals surface area contributed by atoms with Crippen molar-refractivity contribution in [2.75, 3.05) is 5.32 Å². The number of nitrogens with one attached hydrogen (secondary N) is 1. The number of amides is 1. The van der Waals surface area contributed by atoms with Crippen LogP contribution in [0.25, 0.3) is 5.69 Å². The second-order valence-electron chi connectivity index (χ2n) is 5.94. The van der Waals surface area contributed by atoms with Crippen LogP contribution in [-0.4, -0.2) is 24.4 Å². The van der Waals surface area contributed by atoms with Crippen LogP contribution < -0.4 is 5.32 Å². The summed E-state index contributed by atoms with van der Waals surface area (Å²) >= 11 is 0.448. The minimum absolute atomic E-state index is 0.0212. The first kappa shape index (κ1) is 20.3. The van der Waals surface area contributed by atoms with Gasteiger partial charge in [0.1, 0.15) is 5.82 Å². The van der Waals surface area contributed by atoms with Crippen molar-refractivity contribution in [2.45, 2.75) is 18.2 Å². The van der Waals surface area contributed by atoms with E-state index >= 15 is 0 Å². The van der Waals surface area contributed by atoms with Crippen LogP contribution in [0.4, 0.5) is 14.5 Å². The lowest BCUT2D eigenvalue weighted by Crippen LogP contribution is -2.16. The number of anilines is 1. The SMILES string of the molecule is Cc1cc(F)c(Br)cc1CC(=O)Nc1ccc(-n2cc(F)cn2)c(S(=O)[O-])c1. The maximum atomic E-state index is 13.5. The highest BCUT2D eigenvalue weighted by Gasteiger charge is 2.13. The number of halogens is 3. The fourth-order valence-electron chi connectivity index (χ4n) is 2.60. The number of carbonyl (C=O) groups is 1. The smallest absolute Gasteiger partial charge is 0.228 e. The molecule has 0 saturated heterocycles. The monoisotopic (exact) mass is 468 g/mol. The fourth-order valence-corrected chi connectivity index (χ4v) is 3.55. The summed E-state index contributed by atoms with van der Waals surface area (Å²) in [7, 11) is 0. The molecule has 0 aliphatic rings. The summed E-state index contributed by atoms with van der Waals surface area (Å²) in [6.07, 6.45) is 1.97. The lowest BCUT2D eigenvalue weighted by molar-refractivity contribution is -0.115. The number of aryl methyl sites for hydroxylation is 1. The predicted molar refractivity (Wildman–Crippen MR) is 102 cm³/mol. The topological polar surface area (TPSA) is 87.0 Å². The molecule has 0 aliphatic carbocycles. The standard InChI is InChI=1S/C18H14BrF2N3O3S/c1-10-4-15(21)14(19)5-11(10)6-18(25)23-13-2-3-16(17(7-13)28(26)27)24-9-12(20)8-22-24/h2-5,7-9H,6H2,1H3,(H,23,25)(H,26,27)/p-1. The average Bonchev–Trinajstić information content (AvgIpc) is 3.05. The molecule has 2 aromatic carbocycles. The largest absolute Gasteiger partial charge is 0.768 e. The van der Waals surface area contributed by atoms with E-state index < -0.39 is 28.6 Å². The minimum atomic E-state index is -2.64. The van der Waals surface area contributed by atoms with Crippen molar-refractivity contribution in [1.29, 1.82) is 0 Å². The summed E-state index contributed by atoms with van der Waals surface area (Å²) in [4.78, 5) is 12.2. The van der Waals surface area contributed by atoms with Gasteiger partial charge in [0.2, 0.25) is 5.91 Å². The van der Waals surface area contributed by atoms with Crippen molar-refractivity contribution in [3.63, 3.8) is 0 Å². The highest BCUT2D eigenvalue weighted by molar-refractivity contribution is 9.10. The van der Waals surface area contributed by atoms with E-state index in [1.807, 2.05) is 0 Å². The van der Waals surface area contributed by atoms with Gasteiger partial charge in [0.15, 0.2) is 5.82 Å². The molecule has 1 aromatic heterocycles. The molecule has 1 unspecified atom stereocenters. The Hall–Kier alpha value is -2.43. The van der Waals surface area contributed by atoms with E-state index in [9.17, 15) is 22.3 Å². The molecular weight excluding hydrogens is 456 g/mol. The molecule has 6 nitrogen and oxygen atoms in total. The molecule has 0 radical (unpaired) electrons. The highest BCUT2D eigenvalue weighted by atomic mass is 79.9. The third-order valence-corrected chi connectivity index (χ3v) is 5.24. The molecule has 0 fully saturated rings. The van der Waals surface area contributed by atoms with Gasteiger partial charge in [-0.3, -0.25) is 9.00 Å². The Morgan fingerprint density at radius 3 is 2.71 bits per heavy atom. The third-order valence-electron chi connectivity index (χ3n) is 3.95. The average molecular weight is 469 g/mol. The quantitative estimate of drug-likeness (QED) is 0.579. The predicted octanol–water partition coefficient (Wildman–Crippen LogP) is 3.64. The van der Waals surface area contributed by atoms with Gasteiger partial charge in [-0.25, -0.2) is 13.5 Å².